The number of hydrogen-bond acceptors (Lipinski definition) is 3. The summed E-state index contributed by atoms with van der Waals surface area (Å²) < 4.78 is 0. The second-order valence-electron chi connectivity index (χ2n) is 5.04. The third-order valence-electron chi connectivity index (χ3n) is 3.35. The van der Waals surface area contributed by atoms with E-state index in [0.717, 1.165) is 5.56 Å². The second-order valence-corrected chi connectivity index (χ2v) is 5.04. The van der Waals surface area contributed by atoms with E-state index in [1.807, 2.05) is 32.0 Å². The molecule has 0 fully saturated rings. The van der Waals surface area contributed by atoms with Crippen molar-refractivity contribution in [2.24, 2.45) is 0 Å². The van der Waals surface area contributed by atoms with Crippen LogP contribution in [0.1, 0.15) is 28.4 Å². The van der Waals surface area contributed by atoms with Crippen LogP contribution in [0.4, 0.5) is 0 Å². The quantitative estimate of drug-likeness (QED) is 0.811. The summed E-state index contributed by atoms with van der Waals surface area (Å²) in [5.41, 5.74) is 2.70. The van der Waals surface area contributed by atoms with Crippen molar-refractivity contribution in [2.45, 2.75) is 20.8 Å². The molecule has 4 heteroatoms. The van der Waals surface area contributed by atoms with Gasteiger partial charge in [0.05, 0.1) is 11.1 Å². The van der Waals surface area contributed by atoms with Gasteiger partial charge in [-0.05, 0) is 38.0 Å². The number of amides is 1. The van der Waals surface area contributed by atoms with Crippen molar-refractivity contribution in [1.29, 1.82) is 0 Å². The highest BCUT2D eigenvalue weighted by Crippen LogP contribution is 2.41. The van der Waals surface area contributed by atoms with Gasteiger partial charge in [0.15, 0.2) is 0 Å². The predicted octanol–water partition coefficient (Wildman–Crippen LogP) is 3.13. The van der Waals surface area contributed by atoms with Gasteiger partial charge in [0.1, 0.15) is 11.5 Å². The number of phenols is 2. The van der Waals surface area contributed by atoms with E-state index >= 15 is 0 Å². The Labute approximate surface area is 124 Å². The third-order valence-corrected chi connectivity index (χ3v) is 3.35. The van der Waals surface area contributed by atoms with Gasteiger partial charge >= 0.3 is 0 Å². The molecule has 0 bridgehead atoms. The fraction of sp³-hybridized carbons (Fsp3) is 0.235. The molecule has 110 valence electrons. The first kappa shape index (κ1) is 14.9. The Hall–Kier alpha value is -2.49. The lowest BCUT2D eigenvalue weighted by molar-refractivity contribution is 0.0952. The molecule has 0 saturated carbocycles. The second kappa shape index (κ2) is 5.87. The van der Waals surface area contributed by atoms with Crippen LogP contribution in [0.2, 0.25) is 0 Å². The molecular formula is C17H19NO3. The molecule has 0 aliphatic heterocycles. The van der Waals surface area contributed by atoms with Gasteiger partial charge in [-0.1, -0.05) is 29.8 Å². The molecule has 0 heterocycles. The number of aryl methyl sites for hydroxylation is 2. The minimum absolute atomic E-state index is 0.0383. The molecule has 0 radical (unpaired) electrons. The predicted molar refractivity (Wildman–Crippen MR) is 82.7 cm³/mol. The van der Waals surface area contributed by atoms with Crippen molar-refractivity contribution in [3.8, 4) is 22.6 Å². The molecule has 2 aromatic rings. The summed E-state index contributed by atoms with van der Waals surface area (Å²) in [4.78, 5) is 12.1. The van der Waals surface area contributed by atoms with E-state index in [4.69, 9.17) is 0 Å². The van der Waals surface area contributed by atoms with E-state index in [1.165, 1.54) is 6.07 Å². The maximum absolute atomic E-state index is 12.1. The Morgan fingerprint density at radius 1 is 1.19 bits per heavy atom. The number of phenolic OH excluding ortho intramolecular Hbond substituents is 2. The van der Waals surface area contributed by atoms with Crippen LogP contribution >= 0.6 is 0 Å². The third kappa shape index (κ3) is 2.84. The molecule has 4 nitrogen and oxygen atoms in total. The molecule has 0 spiro atoms. The first-order chi connectivity index (χ1) is 9.95. The Balaban J connectivity index is 2.67. The largest absolute Gasteiger partial charge is 0.507 e. The minimum Gasteiger partial charge on any atom is -0.507 e. The highest BCUT2D eigenvalue weighted by atomic mass is 16.3. The van der Waals surface area contributed by atoms with Gasteiger partial charge in [-0.25, -0.2) is 0 Å². The smallest absolute Gasteiger partial charge is 0.255 e. The van der Waals surface area contributed by atoms with Crippen LogP contribution in [0, 0.1) is 13.8 Å². The Bertz CT molecular complexity index is 693. The van der Waals surface area contributed by atoms with E-state index in [0.29, 0.717) is 17.7 Å². The van der Waals surface area contributed by atoms with Crippen molar-refractivity contribution in [3.05, 3.63) is 47.0 Å². The van der Waals surface area contributed by atoms with Crippen LogP contribution in [0.25, 0.3) is 11.1 Å². The number of carbonyl (C=O) groups is 1. The molecule has 0 aliphatic rings. The van der Waals surface area contributed by atoms with Crippen molar-refractivity contribution in [1.82, 2.24) is 5.32 Å². The van der Waals surface area contributed by atoms with Gasteiger partial charge in [-0.3, -0.25) is 4.79 Å². The highest BCUT2D eigenvalue weighted by molar-refractivity contribution is 6.01. The summed E-state index contributed by atoms with van der Waals surface area (Å²) in [6, 6.07) is 8.91. The number of benzene rings is 2. The Morgan fingerprint density at radius 3 is 2.52 bits per heavy atom. The molecular weight excluding hydrogens is 266 g/mol. The van der Waals surface area contributed by atoms with E-state index in [9.17, 15) is 15.0 Å². The maximum Gasteiger partial charge on any atom is 0.255 e. The molecule has 21 heavy (non-hydrogen) atoms. The van der Waals surface area contributed by atoms with Crippen molar-refractivity contribution in [3.63, 3.8) is 0 Å². The minimum atomic E-state index is -0.346. The topological polar surface area (TPSA) is 69.6 Å². The summed E-state index contributed by atoms with van der Waals surface area (Å²) in [6.45, 7) is 5.89. The highest BCUT2D eigenvalue weighted by Gasteiger charge is 2.21. The van der Waals surface area contributed by atoms with Crippen molar-refractivity contribution < 1.29 is 15.0 Å². The number of rotatable bonds is 3. The average molecular weight is 285 g/mol. The number of hydrogen-bond donors (Lipinski definition) is 3. The normalized spacial score (nSPS) is 10.4. The number of aromatic hydroxyl groups is 2. The zero-order valence-corrected chi connectivity index (χ0v) is 12.4. The molecule has 2 aromatic carbocycles. The van der Waals surface area contributed by atoms with E-state index < -0.39 is 0 Å². The lowest BCUT2D eigenvalue weighted by Gasteiger charge is -2.15. The van der Waals surface area contributed by atoms with Crippen LogP contribution in [-0.4, -0.2) is 22.7 Å². The summed E-state index contributed by atoms with van der Waals surface area (Å²) in [7, 11) is 0. The van der Waals surface area contributed by atoms with E-state index in [2.05, 4.69) is 5.32 Å². The molecule has 0 aromatic heterocycles. The Morgan fingerprint density at radius 2 is 1.90 bits per heavy atom. The standard InChI is InChI=1S/C17H19NO3/c1-4-18-17(21)14-11(3)9-13(19)15(16(14)20)12-7-5-6-10(2)8-12/h5-9,19-20H,4H2,1-3H3,(H,18,21). The van der Waals surface area contributed by atoms with Gasteiger partial charge in [0, 0.05) is 6.54 Å². The van der Waals surface area contributed by atoms with E-state index in [1.54, 1.807) is 13.0 Å². The van der Waals surface area contributed by atoms with Gasteiger partial charge in [-0.15, -0.1) is 0 Å². The van der Waals surface area contributed by atoms with Crippen molar-refractivity contribution in [2.75, 3.05) is 6.54 Å². The van der Waals surface area contributed by atoms with E-state index in [-0.39, 0.29) is 28.5 Å². The molecule has 1 amide bonds. The van der Waals surface area contributed by atoms with Crippen LogP contribution < -0.4 is 5.32 Å². The van der Waals surface area contributed by atoms with Crippen LogP contribution in [0.5, 0.6) is 11.5 Å². The molecule has 0 saturated heterocycles. The van der Waals surface area contributed by atoms with Crippen LogP contribution in [-0.2, 0) is 0 Å². The summed E-state index contributed by atoms with van der Waals surface area (Å²) in [6.07, 6.45) is 0. The van der Waals surface area contributed by atoms with Gasteiger partial charge < -0.3 is 15.5 Å². The first-order valence-corrected chi connectivity index (χ1v) is 6.86. The fourth-order valence-corrected chi connectivity index (χ4v) is 2.40. The zero-order chi connectivity index (χ0) is 15.6. The summed E-state index contributed by atoms with van der Waals surface area (Å²) in [5, 5.41) is 23.3. The molecule has 0 atom stereocenters. The summed E-state index contributed by atoms with van der Waals surface area (Å²) >= 11 is 0. The SMILES string of the molecule is CCNC(=O)c1c(C)cc(O)c(-c2cccc(C)c2)c1O. The molecule has 2 rings (SSSR count). The maximum atomic E-state index is 12.1. The number of nitrogens with one attached hydrogen (secondary N) is 1. The zero-order valence-electron chi connectivity index (χ0n) is 12.4. The summed E-state index contributed by atoms with van der Waals surface area (Å²) in [5.74, 6) is -0.575. The van der Waals surface area contributed by atoms with Crippen LogP contribution in [0.3, 0.4) is 0 Å². The molecule has 0 aliphatic carbocycles. The monoisotopic (exact) mass is 285 g/mol. The van der Waals surface area contributed by atoms with Gasteiger partial charge in [-0.2, -0.15) is 0 Å². The van der Waals surface area contributed by atoms with Gasteiger partial charge in [0.2, 0.25) is 0 Å². The fourth-order valence-electron chi connectivity index (χ4n) is 2.40. The first-order valence-electron chi connectivity index (χ1n) is 6.86. The average Bonchev–Trinajstić information content (AvgIpc) is 2.38. The van der Waals surface area contributed by atoms with Crippen LogP contribution in [0.15, 0.2) is 30.3 Å². The molecule has 0 unspecified atom stereocenters. The van der Waals surface area contributed by atoms with Crippen molar-refractivity contribution >= 4 is 5.91 Å². The van der Waals surface area contributed by atoms with Gasteiger partial charge in [0.25, 0.3) is 5.91 Å². The molecule has 3 N–H and O–H groups in total. The number of carbonyl (C=O) groups excluding carboxylic acids is 1. The Kier molecular flexibility index (Phi) is 4.17. The lowest BCUT2D eigenvalue weighted by Crippen LogP contribution is -2.23. The lowest BCUT2D eigenvalue weighted by atomic mass is 9.95.